The van der Waals surface area contributed by atoms with E-state index in [1.807, 2.05) is 41.3 Å². The lowest BCUT2D eigenvalue weighted by Crippen LogP contribution is -2.50. The molecule has 2 aliphatic heterocycles. The molecule has 5 rings (SSSR count). The molecule has 0 unspecified atom stereocenters. The van der Waals surface area contributed by atoms with E-state index in [4.69, 9.17) is 9.47 Å². The van der Waals surface area contributed by atoms with Crippen LogP contribution in [0.25, 0.3) is 5.69 Å². The van der Waals surface area contributed by atoms with Gasteiger partial charge in [0.05, 0.1) is 18.5 Å². The highest BCUT2D eigenvalue weighted by Gasteiger charge is 2.44. The SMILES string of the molecule is CCc1ccc(C(=O)N2CCC3(CC2)Oc2ccccc2-n2cc(C)cc23)cc1OC. The lowest BCUT2D eigenvalue weighted by Gasteiger charge is -2.45. The highest BCUT2D eigenvalue weighted by Crippen LogP contribution is 2.45. The van der Waals surface area contributed by atoms with E-state index in [9.17, 15) is 4.79 Å². The number of carbonyl (C=O) groups excluding carboxylic acids is 1. The number of aromatic nitrogens is 1. The molecule has 5 nitrogen and oxygen atoms in total. The Bertz CT molecular complexity index is 1140. The molecule has 3 heterocycles. The molecule has 1 fully saturated rings. The van der Waals surface area contributed by atoms with Gasteiger partial charge < -0.3 is 18.9 Å². The highest BCUT2D eigenvalue weighted by atomic mass is 16.5. The summed E-state index contributed by atoms with van der Waals surface area (Å²) in [5, 5.41) is 0. The number of ether oxygens (including phenoxy) is 2. The molecule has 5 heteroatoms. The number of carbonyl (C=O) groups is 1. The molecule has 0 bridgehead atoms. The summed E-state index contributed by atoms with van der Waals surface area (Å²) in [6.45, 7) is 5.52. The van der Waals surface area contributed by atoms with Crippen LogP contribution >= 0.6 is 0 Å². The summed E-state index contributed by atoms with van der Waals surface area (Å²) in [5.41, 5.74) is 4.88. The molecule has 160 valence electrons. The van der Waals surface area contributed by atoms with Gasteiger partial charge in [0.15, 0.2) is 5.60 Å². The third-order valence-electron chi connectivity index (χ3n) is 6.63. The van der Waals surface area contributed by atoms with E-state index in [0.717, 1.165) is 42.0 Å². The summed E-state index contributed by atoms with van der Waals surface area (Å²) in [4.78, 5) is 15.2. The third-order valence-corrected chi connectivity index (χ3v) is 6.63. The van der Waals surface area contributed by atoms with E-state index in [-0.39, 0.29) is 5.91 Å². The molecule has 1 amide bonds. The molecule has 3 aromatic rings. The van der Waals surface area contributed by atoms with E-state index in [0.29, 0.717) is 18.7 Å². The molecule has 1 aromatic heterocycles. The van der Waals surface area contributed by atoms with Gasteiger partial charge in [0.25, 0.3) is 5.91 Å². The fraction of sp³-hybridized carbons (Fsp3) is 0.346. The maximum atomic E-state index is 13.2. The number of piperidine rings is 1. The van der Waals surface area contributed by atoms with Gasteiger partial charge in [-0.2, -0.15) is 0 Å². The Balaban J connectivity index is 1.40. The fourth-order valence-electron chi connectivity index (χ4n) is 4.93. The van der Waals surface area contributed by atoms with Crippen molar-refractivity contribution in [3.63, 3.8) is 0 Å². The molecule has 1 spiro atoms. The van der Waals surface area contributed by atoms with Gasteiger partial charge in [-0.05, 0) is 54.8 Å². The molecule has 0 radical (unpaired) electrons. The number of rotatable bonds is 3. The van der Waals surface area contributed by atoms with Crippen LogP contribution < -0.4 is 9.47 Å². The number of benzene rings is 2. The van der Waals surface area contributed by atoms with E-state index in [1.165, 1.54) is 11.3 Å². The highest BCUT2D eigenvalue weighted by molar-refractivity contribution is 5.94. The van der Waals surface area contributed by atoms with Gasteiger partial charge in [-0.15, -0.1) is 0 Å². The number of nitrogens with zero attached hydrogens (tertiary/aromatic N) is 2. The van der Waals surface area contributed by atoms with Crippen molar-refractivity contribution in [2.24, 2.45) is 0 Å². The zero-order valence-corrected chi connectivity index (χ0v) is 18.4. The fourth-order valence-corrected chi connectivity index (χ4v) is 4.93. The summed E-state index contributed by atoms with van der Waals surface area (Å²) < 4.78 is 14.4. The second kappa shape index (κ2) is 7.49. The molecule has 31 heavy (non-hydrogen) atoms. The van der Waals surface area contributed by atoms with Gasteiger partial charge in [-0.25, -0.2) is 0 Å². The van der Waals surface area contributed by atoms with E-state index in [2.05, 4.69) is 36.7 Å². The summed E-state index contributed by atoms with van der Waals surface area (Å²) >= 11 is 0. The van der Waals surface area contributed by atoms with Crippen molar-refractivity contribution in [2.45, 2.75) is 38.7 Å². The molecule has 2 aromatic carbocycles. The predicted octanol–water partition coefficient (Wildman–Crippen LogP) is 4.88. The zero-order valence-electron chi connectivity index (χ0n) is 18.4. The first-order valence-corrected chi connectivity index (χ1v) is 11.0. The van der Waals surface area contributed by atoms with Crippen molar-refractivity contribution >= 4 is 5.91 Å². The van der Waals surface area contributed by atoms with Crippen LogP contribution in [0.15, 0.2) is 54.7 Å². The number of likely N-dealkylation sites (tertiary alicyclic amines) is 1. The van der Waals surface area contributed by atoms with Crippen molar-refractivity contribution in [2.75, 3.05) is 20.2 Å². The van der Waals surface area contributed by atoms with Crippen molar-refractivity contribution in [1.29, 1.82) is 0 Å². The average molecular weight is 417 g/mol. The van der Waals surface area contributed by atoms with Gasteiger partial charge in [0, 0.05) is 37.7 Å². The van der Waals surface area contributed by atoms with Crippen LogP contribution in [-0.4, -0.2) is 35.6 Å². The van der Waals surface area contributed by atoms with E-state index in [1.54, 1.807) is 7.11 Å². The first kappa shape index (κ1) is 19.7. The lowest BCUT2D eigenvalue weighted by molar-refractivity contribution is -0.00932. The molecule has 0 aliphatic carbocycles. The first-order valence-electron chi connectivity index (χ1n) is 11.0. The average Bonchev–Trinajstić information content (AvgIpc) is 3.21. The minimum Gasteiger partial charge on any atom is -0.496 e. The molecular formula is C26H28N2O3. The van der Waals surface area contributed by atoms with Crippen LogP contribution in [0.1, 0.15) is 46.9 Å². The number of methoxy groups -OCH3 is 1. The second-order valence-electron chi connectivity index (χ2n) is 8.51. The van der Waals surface area contributed by atoms with Crippen molar-refractivity contribution < 1.29 is 14.3 Å². The second-order valence-corrected chi connectivity index (χ2v) is 8.51. The van der Waals surface area contributed by atoms with Crippen molar-refractivity contribution in [3.05, 3.63) is 77.1 Å². The maximum Gasteiger partial charge on any atom is 0.253 e. The van der Waals surface area contributed by atoms with Crippen molar-refractivity contribution in [3.8, 4) is 17.2 Å². The van der Waals surface area contributed by atoms with Crippen LogP contribution in [0.2, 0.25) is 0 Å². The Morgan fingerprint density at radius 3 is 2.65 bits per heavy atom. The Hall–Kier alpha value is -3.21. The normalized spacial score (nSPS) is 16.4. The smallest absolute Gasteiger partial charge is 0.253 e. The lowest BCUT2D eigenvalue weighted by atomic mass is 9.86. The molecule has 0 N–H and O–H groups in total. The van der Waals surface area contributed by atoms with Crippen LogP contribution in [0.5, 0.6) is 11.5 Å². The first-order chi connectivity index (χ1) is 15.0. The van der Waals surface area contributed by atoms with Gasteiger partial charge >= 0.3 is 0 Å². The van der Waals surface area contributed by atoms with Crippen LogP contribution in [0.4, 0.5) is 0 Å². The van der Waals surface area contributed by atoms with Gasteiger partial charge in [0.2, 0.25) is 0 Å². The zero-order chi connectivity index (χ0) is 21.6. The Morgan fingerprint density at radius 1 is 1.13 bits per heavy atom. The number of hydrogen-bond donors (Lipinski definition) is 0. The summed E-state index contributed by atoms with van der Waals surface area (Å²) in [6, 6.07) is 16.2. The summed E-state index contributed by atoms with van der Waals surface area (Å²) in [7, 11) is 1.66. The summed E-state index contributed by atoms with van der Waals surface area (Å²) in [5.74, 6) is 1.74. The summed E-state index contributed by atoms with van der Waals surface area (Å²) in [6.07, 6.45) is 4.58. The quantitative estimate of drug-likeness (QED) is 0.611. The van der Waals surface area contributed by atoms with Gasteiger partial charge in [-0.1, -0.05) is 25.1 Å². The van der Waals surface area contributed by atoms with Gasteiger partial charge in [-0.3, -0.25) is 4.79 Å². The molecule has 0 atom stereocenters. The Kier molecular flexibility index (Phi) is 4.77. The molecular weight excluding hydrogens is 388 g/mol. The number of para-hydroxylation sites is 2. The molecule has 2 aliphatic rings. The largest absolute Gasteiger partial charge is 0.496 e. The minimum atomic E-state index is -0.400. The third kappa shape index (κ3) is 3.19. The molecule has 1 saturated heterocycles. The topological polar surface area (TPSA) is 43.7 Å². The number of fused-ring (bicyclic) bond motifs is 4. The number of hydrogen-bond acceptors (Lipinski definition) is 3. The van der Waals surface area contributed by atoms with Crippen LogP contribution in [0.3, 0.4) is 0 Å². The minimum absolute atomic E-state index is 0.0542. The van der Waals surface area contributed by atoms with Crippen LogP contribution in [0, 0.1) is 6.92 Å². The Labute approximate surface area is 183 Å². The van der Waals surface area contributed by atoms with Crippen LogP contribution in [-0.2, 0) is 12.0 Å². The van der Waals surface area contributed by atoms with E-state index < -0.39 is 5.60 Å². The van der Waals surface area contributed by atoms with Gasteiger partial charge in [0.1, 0.15) is 11.5 Å². The molecule has 0 saturated carbocycles. The number of amides is 1. The number of aryl methyl sites for hydroxylation is 2. The van der Waals surface area contributed by atoms with E-state index >= 15 is 0 Å². The predicted molar refractivity (Wildman–Crippen MR) is 120 cm³/mol. The maximum absolute atomic E-state index is 13.2. The Morgan fingerprint density at radius 2 is 1.90 bits per heavy atom. The monoisotopic (exact) mass is 416 g/mol. The van der Waals surface area contributed by atoms with Crippen molar-refractivity contribution in [1.82, 2.24) is 9.47 Å². The standard InChI is InChI=1S/C26H28N2O3/c1-4-19-9-10-20(16-23(19)30-3)25(29)27-13-11-26(12-14-27)24-15-18(2)17-28(24)21-7-5-6-8-22(21)31-26/h5-10,15-17H,4,11-14H2,1-3H3.